The number of nitrogens with two attached hydrogens (primary N) is 1. The van der Waals surface area contributed by atoms with E-state index in [9.17, 15) is 22.8 Å². The molecule has 0 spiro atoms. The molecule has 11 nitrogen and oxygen atoms in total. The fourth-order valence-electron chi connectivity index (χ4n) is 4.06. The molecule has 14 heteroatoms. The van der Waals surface area contributed by atoms with Gasteiger partial charge in [0.1, 0.15) is 11.4 Å². The number of nitrogens with zero attached hydrogens (tertiary/aromatic N) is 5. The van der Waals surface area contributed by atoms with Crippen molar-refractivity contribution in [3.05, 3.63) is 54.1 Å². The molecule has 2 amide bonds. The Morgan fingerprint density at radius 2 is 1.78 bits per heavy atom. The van der Waals surface area contributed by atoms with E-state index in [1.165, 1.54) is 12.4 Å². The van der Waals surface area contributed by atoms with Gasteiger partial charge in [0.25, 0.3) is 5.91 Å². The fraction of sp³-hybridized carbons (Fsp3) is 0.304. The third-order valence-corrected chi connectivity index (χ3v) is 6.01. The highest BCUT2D eigenvalue weighted by Gasteiger charge is 2.35. The van der Waals surface area contributed by atoms with Gasteiger partial charge in [0.2, 0.25) is 0 Å². The Balaban J connectivity index is 1.58. The number of carbonyl (C=O) groups is 2. The van der Waals surface area contributed by atoms with Crippen LogP contribution < -0.4 is 21.3 Å². The minimum Gasteiger partial charge on any atom is -0.465 e. The molecule has 0 radical (unpaired) electrons. The van der Waals surface area contributed by atoms with Crippen molar-refractivity contribution < 1.29 is 27.9 Å². The zero-order chi connectivity index (χ0) is 26.8. The number of amides is 2. The van der Waals surface area contributed by atoms with E-state index >= 15 is 0 Å². The molecular formula is C23H23F3N8O3. The zero-order valence-electron chi connectivity index (χ0n) is 19.6. The highest BCUT2D eigenvalue weighted by atomic mass is 19.4. The number of rotatable bonds is 5. The van der Waals surface area contributed by atoms with E-state index < -0.39 is 35.0 Å². The first-order valence-electron chi connectivity index (χ1n) is 11.1. The number of piperidine rings is 1. The smallest absolute Gasteiger partial charge is 0.418 e. The molecule has 1 saturated heterocycles. The Morgan fingerprint density at radius 3 is 2.46 bits per heavy atom. The molecule has 5 N–H and O–H groups in total. The minimum absolute atomic E-state index is 0.183. The molecule has 0 unspecified atom stereocenters. The normalized spacial score (nSPS) is 15.2. The van der Waals surface area contributed by atoms with Gasteiger partial charge in [-0.25, -0.2) is 19.7 Å². The number of carbonyl (C=O) groups excluding carboxylic acids is 1. The number of hydrogen-bond acceptors (Lipinski definition) is 8. The Bertz CT molecular complexity index is 1330. The minimum atomic E-state index is -4.69. The second-order valence-electron chi connectivity index (χ2n) is 8.69. The van der Waals surface area contributed by atoms with Crippen molar-refractivity contribution in [2.75, 3.05) is 29.0 Å². The monoisotopic (exact) mass is 516 g/mol. The fourth-order valence-corrected chi connectivity index (χ4v) is 4.06. The molecule has 0 aromatic carbocycles. The van der Waals surface area contributed by atoms with Gasteiger partial charge in [0.05, 0.1) is 17.4 Å². The van der Waals surface area contributed by atoms with Crippen molar-refractivity contribution in [3.63, 3.8) is 0 Å². The van der Waals surface area contributed by atoms with Gasteiger partial charge in [-0.3, -0.25) is 9.78 Å². The van der Waals surface area contributed by atoms with Crippen molar-refractivity contribution in [1.29, 1.82) is 0 Å². The molecule has 1 fully saturated rings. The summed E-state index contributed by atoms with van der Waals surface area (Å²) in [5, 5.41) is 14.2. The number of halogens is 3. The first kappa shape index (κ1) is 25.6. The quantitative estimate of drug-likeness (QED) is 0.398. The summed E-state index contributed by atoms with van der Waals surface area (Å²) in [6.07, 6.45) is -1.08. The Morgan fingerprint density at radius 1 is 1.11 bits per heavy atom. The van der Waals surface area contributed by atoms with Crippen LogP contribution >= 0.6 is 0 Å². The van der Waals surface area contributed by atoms with E-state index in [2.05, 4.69) is 30.6 Å². The zero-order valence-corrected chi connectivity index (χ0v) is 19.6. The van der Waals surface area contributed by atoms with Crippen LogP contribution in [-0.4, -0.2) is 55.7 Å². The lowest BCUT2D eigenvalue weighted by Gasteiger charge is -2.40. The van der Waals surface area contributed by atoms with E-state index in [1.807, 2.05) is 11.8 Å². The molecule has 3 aromatic heterocycles. The Hall–Kier alpha value is -4.49. The van der Waals surface area contributed by atoms with Gasteiger partial charge >= 0.3 is 12.3 Å². The summed E-state index contributed by atoms with van der Waals surface area (Å²) in [5.41, 5.74) is 3.67. The summed E-state index contributed by atoms with van der Waals surface area (Å²) in [6, 6.07) is 5.43. The number of anilines is 3. The van der Waals surface area contributed by atoms with Gasteiger partial charge in [0.15, 0.2) is 17.3 Å². The lowest BCUT2D eigenvalue weighted by molar-refractivity contribution is -0.137. The summed E-state index contributed by atoms with van der Waals surface area (Å²) in [4.78, 5) is 42.0. The second-order valence-corrected chi connectivity index (χ2v) is 8.69. The van der Waals surface area contributed by atoms with Crippen LogP contribution in [0, 0.1) is 0 Å². The number of hydrogen-bond donors (Lipinski definition) is 4. The van der Waals surface area contributed by atoms with E-state index in [0.29, 0.717) is 31.6 Å². The van der Waals surface area contributed by atoms with E-state index in [1.54, 1.807) is 12.1 Å². The van der Waals surface area contributed by atoms with Gasteiger partial charge in [-0.05, 0) is 44.0 Å². The van der Waals surface area contributed by atoms with Gasteiger partial charge in [-0.15, -0.1) is 0 Å². The van der Waals surface area contributed by atoms with Crippen molar-refractivity contribution in [2.24, 2.45) is 0 Å². The molecule has 1 aliphatic heterocycles. The molecule has 37 heavy (non-hydrogen) atoms. The average molecular weight is 516 g/mol. The maximum atomic E-state index is 13.5. The van der Waals surface area contributed by atoms with E-state index in [4.69, 9.17) is 10.8 Å². The summed E-state index contributed by atoms with van der Waals surface area (Å²) in [5.74, 6) is -0.912. The van der Waals surface area contributed by atoms with Crippen LogP contribution in [0.5, 0.6) is 0 Å². The number of alkyl halides is 3. The molecular weight excluding hydrogens is 493 g/mol. The molecule has 4 heterocycles. The molecule has 194 valence electrons. The molecule has 1 aliphatic rings. The number of pyridine rings is 2. The third-order valence-electron chi connectivity index (χ3n) is 6.01. The number of nitrogen functional groups attached to an aromatic ring is 1. The lowest BCUT2D eigenvalue weighted by atomic mass is 9.89. The molecule has 0 atom stereocenters. The lowest BCUT2D eigenvalue weighted by Crippen LogP contribution is -2.53. The van der Waals surface area contributed by atoms with Crippen LogP contribution in [0.15, 0.2) is 42.9 Å². The van der Waals surface area contributed by atoms with Crippen LogP contribution in [0.1, 0.15) is 35.8 Å². The average Bonchev–Trinajstić information content (AvgIpc) is 2.84. The number of aromatic nitrogens is 4. The highest BCUT2D eigenvalue weighted by Crippen LogP contribution is 2.35. The van der Waals surface area contributed by atoms with Crippen molar-refractivity contribution in [3.8, 4) is 11.4 Å². The maximum absolute atomic E-state index is 13.5. The van der Waals surface area contributed by atoms with Gasteiger partial charge in [-0.2, -0.15) is 13.2 Å². The summed E-state index contributed by atoms with van der Waals surface area (Å²) >= 11 is 0. The molecule has 3 aromatic rings. The predicted molar refractivity (Wildman–Crippen MR) is 128 cm³/mol. The van der Waals surface area contributed by atoms with Gasteiger partial charge in [-0.1, -0.05) is 0 Å². The Kier molecular flexibility index (Phi) is 6.83. The van der Waals surface area contributed by atoms with Gasteiger partial charge < -0.3 is 26.4 Å². The largest absolute Gasteiger partial charge is 0.465 e. The van der Waals surface area contributed by atoms with Crippen LogP contribution in [0.25, 0.3) is 11.4 Å². The molecule has 0 bridgehead atoms. The topological polar surface area (TPSA) is 159 Å². The third kappa shape index (κ3) is 5.68. The number of carboxylic acid groups (broad SMARTS) is 1. The summed E-state index contributed by atoms with van der Waals surface area (Å²) in [6.45, 7) is 2.80. The maximum Gasteiger partial charge on any atom is 0.418 e. The summed E-state index contributed by atoms with van der Waals surface area (Å²) < 4.78 is 40.4. The Labute approximate surface area is 209 Å². The molecule has 0 saturated carbocycles. The van der Waals surface area contributed by atoms with Crippen molar-refractivity contribution in [2.45, 2.75) is 31.5 Å². The van der Waals surface area contributed by atoms with Gasteiger partial charge in [0, 0.05) is 31.0 Å². The van der Waals surface area contributed by atoms with Crippen LogP contribution in [0.3, 0.4) is 0 Å². The standard InChI is InChI=1S/C23H23F3N8O3/c1-22(33-21(36)37)6-10-34(11-7-22)15-5-3-9-29-19(15)32-20(35)17-18(27)30-12-14(31-17)16-13(23(24,25)26)4-2-8-28-16/h2-5,8-9,12,33H,6-7,10-11H2,1H3,(H2,27,30)(H,36,37)(H,29,32,35). The number of nitrogens with one attached hydrogen (secondary N) is 2. The second kappa shape index (κ2) is 9.87. The SMILES string of the molecule is CC1(NC(=O)O)CCN(c2cccnc2NC(=O)c2nc(-c3ncccc3C(F)(F)F)cnc2N)CC1. The predicted octanol–water partition coefficient (Wildman–Crippen LogP) is 3.41. The molecule has 4 rings (SSSR count). The van der Waals surface area contributed by atoms with Crippen molar-refractivity contribution in [1.82, 2.24) is 25.3 Å². The highest BCUT2D eigenvalue weighted by molar-refractivity contribution is 6.06. The first-order chi connectivity index (χ1) is 17.5. The van der Waals surface area contributed by atoms with Crippen LogP contribution in [0.4, 0.5) is 35.3 Å². The van der Waals surface area contributed by atoms with E-state index in [-0.39, 0.29) is 23.0 Å². The van der Waals surface area contributed by atoms with Crippen LogP contribution in [0.2, 0.25) is 0 Å². The van der Waals surface area contributed by atoms with Crippen molar-refractivity contribution >= 4 is 29.3 Å². The summed E-state index contributed by atoms with van der Waals surface area (Å²) in [7, 11) is 0. The molecule has 0 aliphatic carbocycles. The van der Waals surface area contributed by atoms with Crippen LogP contribution in [-0.2, 0) is 6.18 Å². The van der Waals surface area contributed by atoms with E-state index in [0.717, 1.165) is 18.3 Å². The first-order valence-corrected chi connectivity index (χ1v) is 11.1.